The predicted octanol–water partition coefficient (Wildman–Crippen LogP) is 1.69. The summed E-state index contributed by atoms with van der Waals surface area (Å²) in [4.78, 5) is 10.8. The zero-order valence-electron chi connectivity index (χ0n) is 7.84. The van der Waals surface area contributed by atoms with E-state index in [-0.39, 0.29) is 17.5 Å². The van der Waals surface area contributed by atoms with Gasteiger partial charge in [-0.25, -0.2) is 0 Å². The highest BCUT2D eigenvalue weighted by Gasteiger charge is 2.51. The first-order chi connectivity index (χ1) is 5.73. The van der Waals surface area contributed by atoms with Crippen LogP contribution in [-0.4, -0.2) is 24.0 Å². The summed E-state index contributed by atoms with van der Waals surface area (Å²) in [5, 5.41) is 3.69. The molecule has 0 aromatic heterocycles. The number of carbonyl (C=O) groups is 1. The summed E-state index contributed by atoms with van der Waals surface area (Å²) < 4.78 is 0. The molecule has 2 fully saturated rings. The SMILES string of the molecule is CC(=O)SCC1CNCC12CC2.Cl. The van der Waals surface area contributed by atoms with Gasteiger partial charge in [0.25, 0.3) is 0 Å². The van der Waals surface area contributed by atoms with Crippen LogP contribution in [-0.2, 0) is 4.79 Å². The molecule has 1 spiro atoms. The summed E-state index contributed by atoms with van der Waals surface area (Å²) in [5.41, 5.74) is 0.614. The average molecular weight is 222 g/mol. The van der Waals surface area contributed by atoms with Crippen molar-refractivity contribution in [2.24, 2.45) is 11.3 Å². The molecule has 1 saturated carbocycles. The van der Waals surface area contributed by atoms with E-state index in [0.717, 1.165) is 18.2 Å². The zero-order chi connectivity index (χ0) is 8.60. The third-order valence-electron chi connectivity index (χ3n) is 3.11. The van der Waals surface area contributed by atoms with E-state index in [9.17, 15) is 4.79 Å². The van der Waals surface area contributed by atoms with Gasteiger partial charge in [-0.05, 0) is 30.7 Å². The van der Waals surface area contributed by atoms with Gasteiger partial charge in [0.05, 0.1) is 0 Å². The molecule has 76 valence electrons. The molecule has 0 bridgehead atoms. The third kappa shape index (κ3) is 2.39. The molecule has 1 atom stereocenters. The van der Waals surface area contributed by atoms with Crippen LogP contribution < -0.4 is 5.32 Å². The largest absolute Gasteiger partial charge is 0.316 e. The molecule has 1 aliphatic heterocycles. The van der Waals surface area contributed by atoms with Crippen LogP contribution in [0.4, 0.5) is 0 Å². The number of nitrogens with one attached hydrogen (secondary N) is 1. The second-order valence-electron chi connectivity index (χ2n) is 3.99. The lowest BCUT2D eigenvalue weighted by Gasteiger charge is -2.14. The van der Waals surface area contributed by atoms with Crippen molar-refractivity contribution in [1.82, 2.24) is 5.32 Å². The fourth-order valence-corrected chi connectivity index (χ4v) is 2.96. The van der Waals surface area contributed by atoms with Crippen molar-refractivity contribution in [1.29, 1.82) is 0 Å². The van der Waals surface area contributed by atoms with Crippen LogP contribution in [0.2, 0.25) is 0 Å². The molecule has 2 nitrogen and oxygen atoms in total. The summed E-state index contributed by atoms with van der Waals surface area (Å²) in [6, 6.07) is 0. The maximum Gasteiger partial charge on any atom is 0.185 e. The van der Waals surface area contributed by atoms with Gasteiger partial charge in [0.1, 0.15) is 0 Å². The normalized spacial score (nSPS) is 28.5. The Hall–Kier alpha value is 0.270. The summed E-state index contributed by atoms with van der Waals surface area (Å²) in [7, 11) is 0. The Bertz CT molecular complexity index is 206. The highest BCUT2D eigenvalue weighted by molar-refractivity contribution is 8.13. The predicted molar refractivity (Wildman–Crippen MR) is 58.4 cm³/mol. The average Bonchev–Trinajstić information content (AvgIpc) is 2.62. The topological polar surface area (TPSA) is 29.1 Å². The van der Waals surface area contributed by atoms with E-state index in [2.05, 4.69) is 5.32 Å². The minimum absolute atomic E-state index is 0. The first-order valence-electron chi connectivity index (χ1n) is 4.57. The highest BCUT2D eigenvalue weighted by Crippen LogP contribution is 2.54. The molecule has 0 radical (unpaired) electrons. The smallest absolute Gasteiger partial charge is 0.185 e. The van der Waals surface area contributed by atoms with Crippen molar-refractivity contribution in [2.45, 2.75) is 19.8 Å². The van der Waals surface area contributed by atoms with Gasteiger partial charge in [-0.15, -0.1) is 12.4 Å². The zero-order valence-corrected chi connectivity index (χ0v) is 9.47. The monoisotopic (exact) mass is 221 g/mol. The number of rotatable bonds is 2. The Balaban J connectivity index is 0.000000845. The summed E-state index contributed by atoms with van der Waals surface area (Å²) in [6.07, 6.45) is 2.76. The minimum Gasteiger partial charge on any atom is -0.316 e. The number of halogens is 1. The summed E-state index contributed by atoms with van der Waals surface area (Å²) >= 11 is 1.49. The maximum atomic E-state index is 10.8. The fraction of sp³-hybridized carbons (Fsp3) is 0.889. The number of thioether (sulfide) groups is 1. The Morgan fingerprint density at radius 2 is 2.31 bits per heavy atom. The number of carbonyl (C=O) groups excluding carboxylic acids is 1. The van der Waals surface area contributed by atoms with E-state index >= 15 is 0 Å². The second kappa shape index (κ2) is 4.20. The van der Waals surface area contributed by atoms with Gasteiger partial charge in [-0.3, -0.25) is 4.79 Å². The maximum absolute atomic E-state index is 10.8. The second-order valence-corrected chi connectivity index (χ2v) is 5.19. The molecule has 1 saturated heterocycles. The standard InChI is InChI=1S/C9H15NOS.ClH/c1-7(11)12-5-8-4-10-6-9(8)2-3-9;/h8,10H,2-6H2,1H3;1H. The van der Waals surface area contributed by atoms with Crippen molar-refractivity contribution in [2.75, 3.05) is 18.8 Å². The van der Waals surface area contributed by atoms with Gasteiger partial charge < -0.3 is 5.32 Å². The molecule has 13 heavy (non-hydrogen) atoms. The van der Waals surface area contributed by atoms with Crippen molar-refractivity contribution in [3.8, 4) is 0 Å². The van der Waals surface area contributed by atoms with Crippen LogP contribution in [0.15, 0.2) is 0 Å². The molecule has 2 aliphatic rings. The molecule has 4 heteroatoms. The van der Waals surface area contributed by atoms with E-state index in [1.165, 1.54) is 31.1 Å². The third-order valence-corrected chi connectivity index (χ3v) is 4.09. The number of hydrogen-bond acceptors (Lipinski definition) is 3. The van der Waals surface area contributed by atoms with Gasteiger partial charge in [0.2, 0.25) is 0 Å². The Morgan fingerprint density at radius 1 is 1.62 bits per heavy atom. The molecular formula is C9H16ClNOS. The first kappa shape index (κ1) is 11.3. The lowest BCUT2D eigenvalue weighted by molar-refractivity contribution is -0.109. The Labute approximate surface area is 89.6 Å². The molecule has 1 heterocycles. The van der Waals surface area contributed by atoms with Crippen LogP contribution in [0.1, 0.15) is 19.8 Å². The van der Waals surface area contributed by atoms with Crippen LogP contribution in [0, 0.1) is 11.3 Å². The highest BCUT2D eigenvalue weighted by atomic mass is 35.5. The molecule has 0 aromatic rings. The molecular weight excluding hydrogens is 206 g/mol. The molecule has 2 rings (SSSR count). The molecule has 1 aliphatic carbocycles. The van der Waals surface area contributed by atoms with Gasteiger partial charge in [-0.2, -0.15) is 0 Å². The lowest BCUT2D eigenvalue weighted by Crippen LogP contribution is -2.16. The molecule has 1 N–H and O–H groups in total. The van der Waals surface area contributed by atoms with Crippen molar-refractivity contribution in [3.05, 3.63) is 0 Å². The van der Waals surface area contributed by atoms with E-state index in [4.69, 9.17) is 0 Å². The van der Waals surface area contributed by atoms with Gasteiger partial charge in [-0.1, -0.05) is 11.8 Å². The summed E-state index contributed by atoms with van der Waals surface area (Å²) in [6.45, 7) is 3.98. The van der Waals surface area contributed by atoms with Crippen LogP contribution in [0.3, 0.4) is 0 Å². The summed E-state index contributed by atoms with van der Waals surface area (Å²) in [5.74, 6) is 1.79. The lowest BCUT2D eigenvalue weighted by atomic mass is 9.95. The molecule has 0 amide bonds. The van der Waals surface area contributed by atoms with Crippen LogP contribution in [0.5, 0.6) is 0 Å². The number of hydrogen-bond donors (Lipinski definition) is 1. The minimum atomic E-state index is 0. The van der Waals surface area contributed by atoms with Crippen LogP contribution in [0.25, 0.3) is 0 Å². The van der Waals surface area contributed by atoms with Gasteiger partial charge in [0.15, 0.2) is 5.12 Å². The molecule has 0 aromatic carbocycles. The quantitative estimate of drug-likeness (QED) is 0.770. The van der Waals surface area contributed by atoms with E-state index in [1.54, 1.807) is 6.92 Å². The van der Waals surface area contributed by atoms with E-state index in [0.29, 0.717) is 5.41 Å². The van der Waals surface area contributed by atoms with Crippen LogP contribution >= 0.6 is 24.2 Å². The van der Waals surface area contributed by atoms with E-state index in [1.807, 2.05) is 0 Å². The van der Waals surface area contributed by atoms with E-state index < -0.39 is 0 Å². The Morgan fingerprint density at radius 3 is 2.85 bits per heavy atom. The van der Waals surface area contributed by atoms with Crippen molar-refractivity contribution >= 4 is 29.3 Å². The fourth-order valence-electron chi connectivity index (χ4n) is 2.06. The van der Waals surface area contributed by atoms with Crippen molar-refractivity contribution in [3.63, 3.8) is 0 Å². The first-order valence-corrected chi connectivity index (χ1v) is 5.56. The Kier molecular flexibility index (Phi) is 3.66. The van der Waals surface area contributed by atoms with Gasteiger partial charge in [0, 0.05) is 19.2 Å². The van der Waals surface area contributed by atoms with Gasteiger partial charge >= 0.3 is 0 Å². The van der Waals surface area contributed by atoms with Crippen molar-refractivity contribution < 1.29 is 4.79 Å². The molecule has 1 unspecified atom stereocenters.